The first-order chi connectivity index (χ1) is 7.56. The van der Waals surface area contributed by atoms with Gasteiger partial charge in [0.1, 0.15) is 6.04 Å². The highest BCUT2D eigenvalue weighted by Crippen LogP contribution is 2.02. The van der Waals surface area contributed by atoms with Crippen molar-refractivity contribution in [2.24, 2.45) is 0 Å². The van der Waals surface area contributed by atoms with Crippen LogP contribution in [0.15, 0.2) is 0 Å². The molecule has 0 aliphatic heterocycles. The molecule has 0 aromatic carbocycles. The maximum Gasteiger partial charge on any atom is 0.326 e. The molecule has 0 spiro atoms. The SMILES string of the molecule is CCCCC(NC(=O)N(CC)CC)C(=O)O. The summed E-state index contributed by atoms with van der Waals surface area (Å²) < 4.78 is 0. The quantitative estimate of drug-likeness (QED) is 0.699. The fourth-order valence-corrected chi connectivity index (χ4v) is 1.42. The molecule has 0 rings (SSSR count). The van der Waals surface area contributed by atoms with Crippen LogP contribution in [0.4, 0.5) is 4.79 Å². The van der Waals surface area contributed by atoms with Crippen LogP contribution in [0.3, 0.4) is 0 Å². The summed E-state index contributed by atoms with van der Waals surface area (Å²) in [6.45, 7) is 6.89. The average Bonchev–Trinajstić information content (AvgIpc) is 2.25. The van der Waals surface area contributed by atoms with E-state index in [-0.39, 0.29) is 6.03 Å². The van der Waals surface area contributed by atoms with Gasteiger partial charge in [0.15, 0.2) is 0 Å². The lowest BCUT2D eigenvalue weighted by Crippen LogP contribution is -2.47. The molecule has 0 aromatic heterocycles. The van der Waals surface area contributed by atoms with Crippen molar-refractivity contribution in [2.75, 3.05) is 13.1 Å². The van der Waals surface area contributed by atoms with Gasteiger partial charge < -0.3 is 15.3 Å². The average molecular weight is 230 g/mol. The van der Waals surface area contributed by atoms with Gasteiger partial charge in [-0.2, -0.15) is 0 Å². The van der Waals surface area contributed by atoms with Gasteiger partial charge in [0, 0.05) is 13.1 Å². The minimum absolute atomic E-state index is 0.298. The number of nitrogens with zero attached hydrogens (tertiary/aromatic N) is 1. The Labute approximate surface area is 96.8 Å². The van der Waals surface area contributed by atoms with Crippen molar-refractivity contribution in [1.29, 1.82) is 0 Å². The number of carboxylic acids is 1. The second-order valence-electron chi connectivity index (χ2n) is 3.65. The number of hydrogen-bond acceptors (Lipinski definition) is 2. The standard InChI is InChI=1S/C11H22N2O3/c1-4-7-8-9(10(14)15)12-11(16)13(5-2)6-3/h9H,4-8H2,1-3H3,(H,12,16)(H,14,15). The van der Waals surface area contributed by atoms with Crippen LogP contribution in [-0.2, 0) is 4.79 Å². The third kappa shape index (κ3) is 5.00. The zero-order valence-corrected chi connectivity index (χ0v) is 10.3. The van der Waals surface area contributed by atoms with Gasteiger partial charge in [-0.3, -0.25) is 0 Å². The minimum atomic E-state index is -0.964. The van der Waals surface area contributed by atoms with Crippen LogP contribution in [0.5, 0.6) is 0 Å². The molecule has 5 heteroatoms. The smallest absolute Gasteiger partial charge is 0.326 e. The van der Waals surface area contributed by atoms with E-state index in [9.17, 15) is 9.59 Å². The van der Waals surface area contributed by atoms with Gasteiger partial charge >= 0.3 is 12.0 Å². The Morgan fingerprint density at radius 1 is 1.25 bits per heavy atom. The lowest BCUT2D eigenvalue weighted by atomic mass is 10.1. The van der Waals surface area contributed by atoms with Gasteiger partial charge in [-0.25, -0.2) is 9.59 Å². The largest absolute Gasteiger partial charge is 0.480 e. The normalized spacial score (nSPS) is 11.9. The van der Waals surface area contributed by atoms with E-state index in [0.717, 1.165) is 12.8 Å². The Morgan fingerprint density at radius 3 is 2.19 bits per heavy atom. The highest BCUT2D eigenvalue weighted by molar-refractivity contribution is 5.82. The first-order valence-corrected chi connectivity index (χ1v) is 5.84. The van der Waals surface area contributed by atoms with Gasteiger partial charge in [0.2, 0.25) is 0 Å². The van der Waals surface area contributed by atoms with Crippen LogP contribution in [0.2, 0.25) is 0 Å². The van der Waals surface area contributed by atoms with E-state index in [1.54, 1.807) is 4.90 Å². The summed E-state index contributed by atoms with van der Waals surface area (Å²) >= 11 is 0. The van der Waals surface area contributed by atoms with Crippen LogP contribution < -0.4 is 5.32 Å². The van der Waals surface area contributed by atoms with Crippen LogP contribution in [-0.4, -0.2) is 41.1 Å². The molecule has 0 fully saturated rings. The molecule has 0 aliphatic carbocycles. The first kappa shape index (κ1) is 14.7. The second-order valence-corrected chi connectivity index (χ2v) is 3.65. The minimum Gasteiger partial charge on any atom is -0.480 e. The Balaban J connectivity index is 4.27. The predicted octanol–water partition coefficient (Wildman–Crippen LogP) is 1.68. The van der Waals surface area contributed by atoms with Gasteiger partial charge in [0.25, 0.3) is 0 Å². The van der Waals surface area contributed by atoms with E-state index in [1.807, 2.05) is 20.8 Å². The van der Waals surface area contributed by atoms with Gasteiger partial charge in [0.05, 0.1) is 0 Å². The molecule has 2 N–H and O–H groups in total. The number of hydrogen-bond donors (Lipinski definition) is 2. The molecule has 0 aromatic rings. The highest BCUT2D eigenvalue weighted by atomic mass is 16.4. The molecule has 16 heavy (non-hydrogen) atoms. The number of aliphatic carboxylic acids is 1. The molecule has 0 saturated heterocycles. The van der Waals surface area contributed by atoms with Crippen LogP contribution in [0.25, 0.3) is 0 Å². The zero-order chi connectivity index (χ0) is 12.6. The maximum atomic E-state index is 11.6. The van der Waals surface area contributed by atoms with Crippen LogP contribution in [0, 0.1) is 0 Å². The topological polar surface area (TPSA) is 69.6 Å². The van der Waals surface area contributed by atoms with Crippen LogP contribution >= 0.6 is 0 Å². The van der Waals surface area contributed by atoms with Gasteiger partial charge in [-0.15, -0.1) is 0 Å². The number of carbonyl (C=O) groups excluding carboxylic acids is 1. The Morgan fingerprint density at radius 2 is 1.81 bits per heavy atom. The molecule has 0 heterocycles. The lowest BCUT2D eigenvalue weighted by molar-refractivity contribution is -0.139. The van der Waals surface area contributed by atoms with Crippen LogP contribution in [0.1, 0.15) is 40.0 Å². The summed E-state index contributed by atoms with van der Waals surface area (Å²) in [7, 11) is 0. The Bertz CT molecular complexity index is 227. The number of carboxylic acid groups (broad SMARTS) is 1. The van der Waals surface area contributed by atoms with E-state index in [4.69, 9.17) is 5.11 Å². The summed E-state index contributed by atoms with van der Waals surface area (Å²) in [4.78, 5) is 24.1. The molecular weight excluding hydrogens is 208 g/mol. The summed E-state index contributed by atoms with van der Waals surface area (Å²) in [5.74, 6) is -0.964. The Kier molecular flexibility index (Phi) is 7.33. The predicted molar refractivity (Wildman–Crippen MR) is 62.4 cm³/mol. The van der Waals surface area contributed by atoms with Crippen molar-refractivity contribution in [3.8, 4) is 0 Å². The molecule has 5 nitrogen and oxygen atoms in total. The van der Waals surface area contributed by atoms with Crippen molar-refractivity contribution in [3.63, 3.8) is 0 Å². The number of carbonyl (C=O) groups is 2. The van der Waals surface area contributed by atoms with Crippen molar-refractivity contribution in [2.45, 2.75) is 46.1 Å². The van der Waals surface area contributed by atoms with Crippen molar-refractivity contribution in [3.05, 3.63) is 0 Å². The van der Waals surface area contributed by atoms with Crippen molar-refractivity contribution < 1.29 is 14.7 Å². The van der Waals surface area contributed by atoms with Crippen molar-refractivity contribution >= 4 is 12.0 Å². The fourth-order valence-electron chi connectivity index (χ4n) is 1.42. The zero-order valence-electron chi connectivity index (χ0n) is 10.3. The second kappa shape index (κ2) is 7.96. The molecule has 0 aliphatic rings. The van der Waals surface area contributed by atoms with E-state index in [2.05, 4.69) is 5.32 Å². The Hall–Kier alpha value is -1.26. The molecule has 0 radical (unpaired) electrons. The monoisotopic (exact) mass is 230 g/mol. The number of rotatable bonds is 7. The number of nitrogens with one attached hydrogen (secondary N) is 1. The van der Waals surface area contributed by atoms with Crippen molar-refractivity contribution in [1.82, 2.24) is 10.2 Å². The molecule has 0 saturated carbocycles. The molecule has 1 unspecified atom stereocenters. The van der Waals surface area contributed by atoms with E-state index >= 15 is 0 Å². The maximum absolute atomic E-state index is 11.6. The molecular formula is C11H22N2O3. The van der Waals surface area contributed by atoms with E-state index < -0.39 is 12.0 Å². The summed E-state index contributed by atoms with van der Waals surface area (Å²) in [5, 5.41) is 11.5. The molecule has 2 amide bonds. The summed E-state index contributed by atoms with van der Waals surface area (Å²) in [6.07, 6.45) is 2.21. The number of amides is 2. The molecule has 1 atom stereocenters. The summed E-state index contributed by atoms with van der Waals surface area (Å²) in [6, 6.07) is -1.07. The first-order valence-electron chi connectivity index (χ1n) is 5.84. The molecule has 94 valence electrons. The van der Waals surface area contributed by atoms with Gasteiger partial charge in [-0.05, 0) is 20.3 Å². The number of unbranched alkanes of at least 4 members (excludes halogenated alkanes) is 1. The molecule has 0 bridgehead atoms. The van der Waals surface area contributed by atoms with Gasteiger partial charge in [-0.1, -0.05) is 19.8 Å². The highest BCUT2D eigenvalue weighted by Gasteiger charge is 2.21. The van der Waals surface area contributed by atoms with E-state index in [1.165, 1.54) is 0 Å². The summed E-state index contributed by atoms with van der Waals surface area (Å²) in [5.41, 5.74) is 0. The third-order valence-corrected chi connectivity index (χ3v) is 2.49. The fraction of sp³-hybridized carbons (Fsp3) is 0.818. The third-order valence-electron chi connectivity index (χ3n) is 2.49. The van der Waals surface area contributed by atoms with E-state index in [0.29, 0.717) is 19.5 Å². The number of urea groups is 1. The lowest BCUT2D eigenvalue weighted by Gasteiger charge is -2.22.